The smallest absolute Gasteiger partial charge is 0.381 e. The standard InChI is InChI=1S/C23H23Cl2F4N5O5S2/c1-10(23(27,28)29)33-41(37,38)13-5-4-12(14(24)15(13)25)17-16(20(35)34-8-6-11(26)7-9-34)30-19(40-17)18-31-21(39-32-18)22(2,3)36/h4-5,10-11,33,36H,6-9H2,1-3H3/t10-/m0/s1. The number of likely N-dealkylation sites (tertiary alicyclic amines) is 1. The van der Waals surface area contributed by atoms with Crippen LogP contribution < -0.4 is 4.72 Å². The molecule has 1 atom stereocenters. The molecule has 41 heavy (non-hydrogen) atoms. The Hall–Kier alpha value is -2.37. The van der Waals surface area contributed by atoms with Crippen molar-refractivity contribution in [3.05, 3.63) is 33.8 Å². The number of carbonyl (C=O) groups excluding carboxylic acids is 1. The number of nitrogens with zero attached hydrogens (tertiary/aromatic N) is 4. The number of sulfonamides is 1. The normalized spacial score (nSPS) is 16.3. The Bertz CT molecular complexity index is 1570. The van der Waals surface area contributed by atoms with Gasteiger partial charge in [0.2, 0.25) is 15.8 Å². The van der Waals surface area contributed by atoms with Crippen LogP contribution in [0.4, 0.5) is 17.6 Å². The molecule has 0 unspecified atom stereocenters. The van der Waals surface area contributed by atoms with Gasteiger partial charge in [0.05, 0.1) is 14.9 Å². The Morgan fingerprint density at radius 2 is 1.83 bits per heavy atom. The van der Waals surface area contributed by atoms with Crippen LogP contribution in [0.1, 0.15) is 50.0 Å². The molecular formula is C23H23Cl2F4N5O5S2. The lowest BCUT2D eigenvalue weighted by Crippen LogP contribution is -2.43. The largest absolute Gasteiger partial charge is 0.404 e. The predicted octanol–water partition coefficient (Wildman–Crippen LogP) is 5.20. The van der Waals surface area contributed by atoms with Crippen LogP contribution in [0.15, 0.2) is 21.6 Å². The van der Waals surface area contributed by atoms with Gasteiger partial charge in [-0.25, -0.2) is 17.8 Å². The van der Waals surface area contributed by atoms with E-state index in [9.17, 15) is 35.9 Å². The topological polar surface area (TPSA) is 139 Å². The molecule has 4 rings (SSSR count). The van der Waals surface area contributed by atoms with Crippen molar-refractivity contribution in [2.24, 2.45) is 0 Å². The van der Waals surface area contributed by atoms with E-state index >= 15 is 0 Å². The maximum atomic E-state index is 13.7. The number of nitrogens with one attached hydrogen (secondary N) is 1. The van der Waals surface area contributed by atoms with Crippen molar-refractivity contribution in [3.8, 4) is 21.3 Å². The Balaban J connectivity index is 1.80. The summed E-state index contributed by atoms with van der Waals surface area (Å²) in [5.41, 5.74) is -1.57. The number of benzene rings is 1. The number of amides is 1. The van der Waals surface area contributed by atoms with Crippen molar-refractivity contribution < 1.29 is 40.4 Å². The lowest BCUT2D eigenvalue weighted by molar-refractivity contribution is -0.147. The number of aliphatic hydroxyl groups is 1. The van der Waals surface area contributed by atoms with Crippen LogP contribution in [0.25, 0.3) is 21.3 Å². The minimum absolute atomic E-state index is 0.0539. The number of halogens is 6. The number of thiazole rings is 1. The van der Waals surface area contributed by atoms with Crippen LogP contribution in [0.3, 0.4) is 0 Å². The van der Waals surface area contributed by atoms with Crippen LogP contribution in [-0.4, -0.2) is 70.9 Å². The van der Waals surface area contributed by atoms with E-state index < -0.39 is 49.8 Å². The summed E-state index contributed by atoms with van der Waals surface area (Å²) in [6.07, 6.45) is -5.66. The van der Waals surface area contributed by atoms with Gasteiger partial charge in [0, 0.05) is 18.7 Å². The summed E-state index contributed by atoms with van der Waals surface area (Å²) in [6, 6.07) is -0.271. The first-order chi connectivity index (χ1) is 18.9. The summed E-state index contributed by atoms with van der Waals surface area (Å²) in [5.74, 6) is -0.773. The van der Waals surface area contributed by atoms with Gasteiger partial charge in [0.25, 0.3) is 11.8 Å². The van der Waals surface area contributed by atoms with E-state index in [1.807, 2.05) is 0 Å². The molecule has 2 N–H and O–H groups in total. The zero-order valence-corrected chi connectivity index (χ0v) is 24.7. The molecule has 1 aliphatic heterocycles. The maximum Gasteiger partial charge on any atom is 0.404 e. The third kappa shape index (κ3) is 6.67. The van der Waals surface area contributed by atoms with Crippen molar-refractivity contribution in [1.82, 2.24) is 24.7 Å². The molecule has 1 aliphatic rings. The number of hydrogen-bond acceptors (Lipinski definition) is 9. The van der Waals surface area contributed by atoms with Gasteiger partial charge in [-0.2, -0.15) is 22.9 Å². The van der Waals surface area contributed by atoms with Crippen molar-refractivity contribution in [3.63, 3.8) is 0 Å². The van der Waals surface area contributed by atoms with Crippen LogP contribution in [-0.2, 0) is 15.6 Å². The van der Waals surface area contributed by atoms with Gasteiger partial charge in [-0.15, -0.1) is 11.3 Å². The van der Waals surface area contributed by atoms with E-state index in [1.165, 1.54) is 29.5 Å². The first-order valence-corrected chi connectivity index (χ1v) is 15.0. The third-order valence-electron chi connectivity index (χ3n) is 6.09. The first kappa shape index (κ1) is 31.6. The van der Waals surface area contributed by atoms with E-state index in [0.717, 1.165) is 17.4 Å². The molecular weight excluding hydrogens is 637 g/mol. The zero-order chi connectivity index (χ0) is 30.5. The highest BCUT2D eigenvalue weighted by Gasteiger charge is 2.40. The number of piperidine rings is 1. The average Bonchev–Trinajstić information content (AvgIpc) is 3.52. The van der Waals surface area contributed by atoms with E-state index in [1.54, 1.807) is 0 Å². The molecule has 1 aromatic carbocycles. The van der Waals surface area contributed by atoms with Gasteiger partial charge in [-0.1, -0.05) is 34.4 Å². The lowest BCUT2D eigenvalue weighted by atomic mass is 10.1. The predicted molar refractivity (Wildman–Crippen MR) is 142 cm³/mol. The number of aromatic nitrogens is 3. The summed E-state index contributed by atoms with van der Waals surface area (Å²) in [6.45, 7) is 3.70. The van der Waals surface area contributed by atoms with E-state index in [-0.39, 0.29) is 63.8 Å². The van der Waals surface area contributed by atoms with E-state index in [4.69, 9.17) is 27.7 Å². The summed E-state index contributed by atoms with van der Waals surface area (Å²) < 4.78 is 84.7. The number of hydrogen-bond donors (Lipinski definition) is 2. The molecule has 2 aromatic heterocycles. The van der Waals surface area contributed by atoms with Crippen molar-refractivity contribution >= 4 is 50.5 Å². The molecule has 0 saturated carbocycles. The molecule has 0 bridgehead atoms. The molecule has 1 amide bonds. The molecule has 3 heterocycles. The number of alkyl halides is 4. The molecule has 18 heteroatoms. The molecule has 0 spiro atoms. The molecule has 224 valence electrons. The van der Waals surface area contributed by atoms with Gasteiger partial charge in [-0.3, -0.25) is 4.79 Å². The second kappa shape index (κ2) is 11.4. The van der Waals surface area contributed by atoms with Crippen LogP contribution in [0.5, 0.6) is 0 Å². The van der Waals surface area contributed by atoms with Gasteiger partial charge in [0.15, 0.2) is 5.01 Å². The van der Waals surface area contributed by atoms with Crippen LogP contribution >= 0.6 is 34.5 Å². The lowest BCUT2D eigenvalue weighted by Gasteiger charge is -2.28. The molecule has 10 nitrogen and oxygen atoms in total. The summed E-state index contributed by atoms with van der Waals surface area (Å²) in [4.78, 5) is 22.8. The van der Waals surface area contributed by atoms with Gasteiger partial charge >= 0.3 is 6.18 Å². The van der Waals surface area contributed by atoms with Crippen molar-refractivity contribution in [1.29, 1.82) is 0 Å². The fourth-order valence-electron chi connectivity index (χ4n) is 3.78. The minimum Gasteiger partial charge on any atom is -0.381 e. The van der Waals surface area contributed by atoms with E-state index in [0.29, 0.717) is 6.92 Å². The summed E-state index contributed by atoms with van der Waals surface area (Å²) >= 11 is 13.6. The zero-order valence-electron chi connectivity index (χ0n) is 21.6. The second-order valence-electron chi connectivity index (χ2n) is 9.77. The van der Waals surface area contributed by atoms with Gasteiger partial charge in [-0.05, 0) is 39.7 Å². The van der Waals surface area contributed by atoms with Gasteiger partial charge in [0.1, 0.15) is 28.4 Å². The second-order valence-corrected chi connectivity index (χ2v) is 13.2. The highest BCUT2D eigenvalue weighted by molar-refractivity contribution is 7.89. The van der Waals surface area contributed by atoms with Crippen LogP contribution in [0, 0.1) is 0 Å². The Morgan fingerprint density at radius 1 is 1.20 bits per heavy atom. The number of carbonyl (C=O) groups is 1. The minimum atomic E-state index is -4.85. The molecule has 0 radical (unpaired) electrons. The molecule has 3 aromatic rings. The van der Waals surface area contributed by atoms with Crippen molar-refractivity contribution in [2.45, 2.75) is 62.5 Å². The first-order valence-electron chi connectivity index (χ1n) is 12.0. The van der Waals surface area contributed by atoms with E-state index in [2.05, 4.69) is 15.1 Å². The fraction of sp³-hybridized carbons (Fsp3) is 0.478. The Morgan fingerprint density at radius 3 is 2.39 bits per heavy atom. The molecule has 1 fully saturated rings. The fourth-order valence-corrected chi connectivity index (χ4v) is 6.95. The maximum absolute atomic E-state index is 13.7. The average molecular weight is 660 g/mol. The summed E-state index contributed by atoms with van der Waals surface area (Å²) in [7, 11) is -4.76. The quantitative estimate of drug-likeness (QED) is 0.330. The van der Waals surface area contributed by atoms with Gasteiger partial charge < -0.3 is 14.5 Å². The Labute approximate surface area is 245 Å². The Kier molecular flexibility index (Phi) is 8.76. The third-order valence-corrected chi connectivity index (χ3v) is 9.75. The SMILES string of the molecule is C[C@H](NS(=O)(=O)c1ccc(-c2sc(-c3noc(C(C)(C)O)n3)nc2C(=O)N2CCC(F)CC2)c(Cl)c1Cl)C(F)(F)F. The highest BCUT2D eigenvalue weighted by Crippen LogP contribution is 2.43. The van der Waals surface area contributed by atoms with Crippen molar-refractivity contribution in [2.75, 3.05) is 13.1 Å². The monoisotopic (exact) mass is 659 g/mol. The van der Waals surface area contributed by atoms with Crippen LogP contribution in [0.2, 0.25) is 10.0 Å². The summed E-state index contributed by atoms with van der Waals surface area (Å²) in [5, 5.41) is 13.1. The molecule has 0 aliphatic carbocycles. The number of rotatable bonds is 7. The highest BCUT2D eigenvalue weighted by atomic mass is 35.5. The molecule has 1 saturated heterocycles.